The van der Waals surface area contributed by atoms with Gasteiger partial charge in [0, 0.05) is 21.5 Å². The second-order valence-electron chi connectivity index (χ2n) is 10.1. The Morgan fingerprint density at radius 3 is 2.57 bits per heavy atom. The Morgan fingerprint density at radius 1 is 0.976 bits per heavy atom. The van der Waals surface area contributed by atoms with E-state index in [9.17, 15) is 9.59 Å². The number of aromatic nitrogens is 4. The minimum absolute atomic E-state index is 0.0132. The smallest absolute Gasteiger partial charge is 0.330 e. The average Bonchev–Trinajstić information content (AvgIpc) is 3.63. The van der Waals surface area contributed by atoms with Crippen molar-refractivity contribution < 1.29 is 14.3 Å². The van der Waals surface area contributed by atoms with Gasteiger partial charge in [0.15, 0.2) is 13.2 Å². The first kappa shape index (κ1) is 27.8. The number of rotatable bonds is 7. The summed E-state index contributed by atoms with van der Waals surface area (Å²) in [7, 11) is 0. The normalized spacial score (nSPS) is 19.0. The van der Waals surface area contributed by atoms with Crippen molar-refractivity contribution in [2.75, 3.05) is 6.61 Å². The molecular formula is C31H26Cl2N6O3. The van der Waals surface area contributed by atoms with Gasteiger partial charge in [-0.1, -0.05) is 77.8 Å². The number of benzene rings is 3. The van der Waals surface area contributed by atoms with Crippen molar-refractivity contribution in [2.24, 2.45) is 11.0 Å². The highest BCUT2D eigenvalue weighted by atomic mass is 35.5. The fourth-order valence-corrected chi connectivity index (χ4v) is 5.71. The highest BCUT2D eigenvalue weighted by Crippen LogP contribution is 2.44. The van der Waals surface area contributed by atoms with Crippen LogP contribution < -0.4 is 0 Å². The Kier molecular flexibility index (Phi) is 8.12. The maximum atomic E-state index is 13.5. The summed E-state index contributed by atoms with van der Waals surface area (Å²) >= 11 is 12.4. The molecule has 1 aliphatic carbocycles. The maximum Gasteiger partial charge on any atom is 0.330 e. The predicted octanol–water partition coefficient (Wildman–Crippen LogP) is 6.01. The molecule has 42 heavy (non-hydrogen) atoms. The average molecular weight is 601 g/mol. The fraction of sp³-hybridized carbons (Fsp3) is 0.226. The highest BCUT2D eigenvalue weighted by molar-refractivity contribution is 6.31. The molecule has 1 aliphatic heterocycles. The van der Waals surface area contributed by atoms with Crippen LogP contribution in [0.5, 0.6) is 0 Å². The molecule has 2 atom stereocenters. The molecule has 9 nitrogen and oxygen atoms in total. The summed E-state index contributed by atoms with van der Waals surface area (Å²) in [6.07, 6.45) is 4.73. The van der Waals surface area contributed by atoms with E-state index >= 15 is 0 Å². The summed E-state index contributed by atoms with van der Waals surface area (Å²) in [5.74, 6) is -0.707. The number of fused-ring (bicyclic) bond motifs is 1. The van der Waals surface area contributed by atoms with Crippen LogP contribution in [0.25, 0.3) is 17.5 Å². The summed E-state index contributed by atoms with van der Waals surface area (Å²) < 4.78 is 5.35. The first-order valence-electron chi connectivity index (χ1n) is 13.6. The van der Waals surface area contributed by atoms with Crippen molar-refractivity contribution in [3.05, 3.63) is 106 Å². The summed E-state index contributed by atoms with van der Waals surface area (Å²) in [5, 5.41) is 19.7. The van der Waals surface area contributed by atoms with Gasteiger partial charge in [0.05, 0.1) is 11.8 Å². The zero-order valence-corrected chi connectivity index (χ0v) is 23.9. The number of tetrazole rings is 1. The van der Waals surface area contributed by atoms with E-state index in [-0.39, 0.29) is 18.5 Å². The SMILES string of the molecule is O=C(Cn1nnc(-c2ccccc2)n1)OCC(=O)N1N=C2C(=Cc3cccc(Cl)c3)CCCC2C1c1ccc(Cl)cc1. The van der Waals surface area contributed by atoms with E-state index in [0.717, 1.165) is 52.0 Å². The molecule has 4 aromatic rings. The lowest BCUT2D eigenvalue weighted by atomic mass is 9.77. The fourth-order valence-electron chi connectivity index (χ4n) is 5.38. The van der Waals surface area contributed by atoms with Crippen LogP contribution in [0.4, 0.5) is 0 Å². The number of amides is 1. The molecule has 1 aromatic heterocycles. The van der Waals surface area contributed by atoms with Crippen molar-refractivity contribution >= 4 is 46.9 Å². The molecule has 1 fully saturated rings. The van der Waals surface area contributed by atoms with Crippen molar-refractivity contribution in [2.45, 2.75) is 31.8 Å². The molecule has 0 bridgehead atoms. The molecule has 0 spiro atoms. The van der Waals surface area contributed by atoms with Gasteiger partial charge in [-0.2, -0.15) is 9.90 Å². The molecule has 212 valence electrons. The standard InChI is InChI=1S/C31H26Cl2N6O3/c32-24-14-12-21(13-15-24)30-26-11-5-9-23(16-20-6-4-10-25(33)17-20)29(26)35-39(30)27(40)19-42-28(41)18-38-36-31(34-37-38)22-7-2-1-3-8-22/h1-4,6-8,10,12-17,26,30H,5,9,11,18-19H2. The number of esters is 1. The third-order valence-corrected chi connectivity index (χ3v) is 7.76. The lowest BCUT2D eigenvalue weighted by Gasteiger charge is -2.29. The molecular weight excluding hydrogens is 575 g/mol. The van der Waals surface area contributed by atoms with Crippen LogP contribution in [0.1, 0.15) is 36.4 Å². The van der Waals surface area contributed by atoms with Crippen LogP contribution in [-0.4, -0.2) is 49.4 Å². The minimum Gasteiger partial charge on any atom is -0.454 e. The topological polar surface area (TPSA) is 103 Å². The number of hydrogen-bond donors (Lipinski definition) is 0. The minimum atomic E-state index is -0.658. The zero-order chi connectivity index (χ0) is 29.1. The Bertz CT molecular complexity index is 1670. The number of hydrogen-bond acceptors (Lipinski definition) is 7. The second kappa shape index (κ2) is 12.3. The number of halogens is 2. The molecule has 0 radical (unpaired) electrons. The molecule has 0 N–H and O–H groups in total. The monoisotopic (exact) mass is 600 g/mol. The molecule has 11 heteroatoms. The highest BCUT2D eigenvalue weighted by Gasteiger charge is 2.43. The van der Waals surface area contributed by atoms with Gasteiger partial charge < -0.3 is 4.74 Å². The molecule has 1 amide bonds. The molecule has 3 aromatic carbocycles. The van der Waals surface area contributed by atoms with Crippen LogP contribution in [-0.2, 0) is 20.9 Å². The molecule has 2 unspecified atom stereocenters. The number of carbonyl (C=O) groups is 2. The van der Waals surface area contributed by atoms with Crippen LogP contribution in [0, 0.1) is 5.92 Å². The Hall–Kier alpha value is -4.34. The molecule has 2 aliphatic rings. The molecule has 0 saturated heterocycles. The van der Waals surface area contributed by atoms with E-state index in [1.165, 1.54) is 5.01 Å². The van der Waals surface area contributed by atoms with Crippen molar-refractivity contribution in [3.8, 4) is 11.4 Å². The zero-order valence-electron chi connectivity index (χ0n) is 22.4. The van der Waals surface area contributed by atoms with Crippen LogP contribution in [0.3, 0.4) is 0 Å². The van der Waals surface area contributed by atoms with Gasteiger partial charge >= 0.3 is 5.97 Å². The largest absolute Gasteiger partial charge is 0.454 e. The van der Waals surface area contributed by atoms with Gasteiger partial charge in [0.1, 0.15) is 0 Å². The van der Waals surface area contributed by atoms with Gasteiger partial charge in [-0.05, 0) is 71.5 Å². The molecule has 2 heterocycles. The van der Waals surface area contributed by atoms with E-state index in [1.54, 1.807) is 12.1 Å². The molecule has 6 rings (SSSR count). The lowest BCUT2D eigenvalue weighted by Crippen LogP contribution is -2.34. The Morgan fingerprint density at radius 2 is 1.79 bits per heavy atom. The quantitative estimate of drug-likeness (QED) is 0.241. The van der Waals surface area contributed by atoms with Gasteiger partial charge in [0.2, 0.25) is 5.82 Å². The van der Waals surface area contributed by atoms with Crippen LogP contribution in [0.2, 0.25) is 10.0 Å². The molecule has 1 saturated carbocycles. The van der Waals surface area contributed by atoms with Gasteiger partial charge in [0.25, 0.3) is 5.91 Å². The van der Waals surface area contributed by atoms with Crippen molar-refractivity contribution in [3.63, 3.8) is 0 Å². The number of nitrogens with zero attached hydrogens (tertiary/aromatic N) is 6. The Balaban J connectivity index is 1.20. The van der Waals surface area contributed by atoms with Crippen molar-refractivity contribution in [1.29, 1.82) is 0 Å². The third kappa shape index (κ3) is 6.12. The third-order valence-electron chi connectivity index (χ3n) is 7.27. The summed E-state index contributed by atoms with van der Waals surface area (Å²) in [4.78, 5) is 27.3. The van der Waals surface area contributed by atoms with Gasteiger partial charge in [-0.3, -0.25) is 4.79 Å². The van der Waals surface area contributed by atoms with E-state index in [2.05, 4.69) is 21.5 Å². The predicted molar refractivity (Wildman–Crippen MR) is 159 cm³/mol. The van der Waals surface area contributed by atoms with Gasteiger partial charge in [-0.25, -0.2) is 9.80 Å². The lowest BCUT2D eigenvalue weighted by molar-refractivity contribution is -0.153. The van der Waals surface area contributed by atoms with E-state index in [4.69, 9.17) is 33.0 Å². The maximum absolute atomic E-state index is 13.5. The second-order valence-corrected chi connectivity index (χ2v) is 11.0. The number of hydrazone groups is 1. The van der Waals surface area contributed by atoms with Crippen LogP contribution >= 0.6 is 23.2 Å². The van der Waals surface area contributed by atoms with Crippen molar-refractivity contribution in [1.82, 2.24) is 25.2 Å². The number of ether oxygens (including phenoxy) is 1. The first-order chi connectivity index (χ1) is 20.4. The first-order valence-corrected chi connectivity index (χ1v) is 14.3. The van der Waals surface area contributed by atoms with E-state index < -0.39 is 18.5 Å². The van der Waals surface area contributed by atoms with E-state index in [1.807, 2.05) is 66.7 Å². The van der Waals surface area contributed by atoms with Crippen LogP contribution in [0.15, 0.2) is 89.5 Å². The summed E-state index contributed by atoms with van der Waals surface area (Å²) in [5.41, 5.74) is 4.58. The van der Waals surface area contributed by atoms with E-state index in [0.29, 0.717) is 15.9 Å². The number of carbonyl (C=O) groups excluding carboxylic acids is 2. The van der Waals surface area contributed by atoms with Gasteiger partial charge in [-0.15, -0.1) is 10.2 Å². The Labute approximate surface area is 252 Å². The summed E-state index contributed by atoms with van der Waals surface area (Å²) in [6.45, 7) is -0.753. The number of allylic oxidation sites excluding steroid dienone is 1. The summed E-state index contributed by atoms with van der Waals surface area (Å²) in [6, 6.07) is 24.0.